The Morgan fingerprint density at radius 3 is 2.74 bits per heavy atom. The highest BCUT2D eigenvalue weighted by Crippen LogP contribution is 2.32. The Morgan fingerprint density at radius 1 is 1.32 bits per heavy atom. The van der Waals surface area contributed by atoms with Crippen molar-refractivity contribution in [2.24, 2.45) is 21.4 Å². The van der Waals surface area contributed by atoms with Gasteiger partial charge in [0.25, 0.3) is 5.91 Å². The van der Waals surface area contributed by atoms with E-state index in [0.717, 1.165) is 30.5 Å². The van der Waals surface area contributed by atoms with Gasteiger partial charge < -0.3 is 11.2 Å². The molecule has 1 aliphatic heterocycles. The highest BCUT2D eigenvalue weighted by atomic mass is 16.3. The largest absolute Gasteiger partial charge is 0.374 e. The normalized spacial score (nSPS) is 22.5. The van der Waals surface area contributed by atoms with Crippen LogP contribution in [-0.4, -0.2) is 17.9 Å². The number of amides is 2. The number of carbonyl (C=O) groups is 2. The van der Waals surface area contributed by atoms with E-state index in [9.17, 15) is 14.5 Å². The van der Waals surface area contributed by atoms with Gasteiger partial charge in [-0.1, -0.05) is 10.3 Å². The predicted molar refractivity (Wildman–Crippen MR) is 65.4 cm³/mol. The summed E-state index contributed by atoms with van der Waals surface area (Å²) in [5.41, 5.74) is 1.75. The van der Waals surface area contributed by atoms with E-state index in [2.05, 4.69) is 20.8 Å². The molecule has 100 valence electrons. The summed E-state index contributed by atoms with van der Waals surface area (Å²) in [4.78, 5) is 33.6. The lowest BCUT2D eigenvalue weighted by Gasteiger charge is -2.29. The van der Waals surface area contributed by atoms with Gasteiger partial charge in [0.15, 0.2) is 0 Å². The molecule has 0 fully saturated rings. The first-order valence-electron chi connectivity index (χ1n) is 5.90. The molecule has 1 aliphatic carbocycles. The SMILES string of the molecule is NN=NC(=O)C1C=C(C(=O)N=O)C2=C(CCCC2)N1. The van der Waals surface area contributed by atoms with E-state index >= 15 is 0 Å². The van der Waals surface area contributed by atoms with Gasteiger partial charge in [0.05, 0.1) is 0 Å². The van der Waals surface area contributed by atoms with E-state index < -0.39 is 17.9 Å². The van der Waals surface area contributed by atoms with E-state index in [-0.39, 0.29) is 5.57 Å². The maximum Gasteiger partial charge on any atom is 0.316 e. The number of hydrogen-bond donors (Lipinski definition) is 2. The maximum absolute atomic E-state index is 11.6. The Morgan fingerprint density at radius 2 is 2.05 bits per heavy atom. The van der Waals surface area contributed by atoms with Crippen LogP contribution in [0.15, 0.2) is 38.4 Å². The molecular formula is C11H13N5O3. The highest BCUT2D eigenvalue weighted by Gasteiger charge is 2.30. The average molecular weight is 263 g/mol. The molecule has 3 N–H and O–H groups in total. The molecule has 8 nitrogen and oxygen atoms in total. The van der Waals surface area contributed by atoms with Crippen LogP contribution in [0.25, 0.3) is 0 Å². The molecule has 0 saturated carbocycles. The summed E-state index contributed by atoms with van der Waals surface area (Å²) >= 11 is 0. The van der Waals surface area contributed by atoms with Crippen molar-refractivity contribution in [1.82, 2.24) is 5.32 Å². The van der Waals surface area contributed by atoms with Crippen molar-refractivity contribution in [3.05, 3.63) is 27.8 Å². The minimum Gasteiger partial charge on any atom is -0.374 e. The Bertz CT molecular complexity index is 520. The number of nitroso groups, excluding NO2 is 1. The molecule has 1 unspecified atom stereocenters. The molecule has 0 radical (unpaired) electrons. The summed E-state index contributed by atoms with van der Waals surface area (Å²) in [6, 6.07) is -0.829. The first kappa shape index (κ1) is 13.1. The van der Waals surface area contributed by atoms with Gasteiger partial charge in [0.2, 0.25) is 0 Å². The van der Waals surface area contributed by atoms with Crippen molar-refractivity contribution in [2.45, 2.75) is 31.7 Å². The molecule has 2 amide bonds. The zero-order valence-corrected chi connectivity index (χ0v) is 10.1. The van der Waals surface area contributed by atoms with E-state index in [1.807, 2.05) is 0 Å². The summed E-state index contributed by atoms with van der Waals surface area (Å²) in [5, 5.41) is 11.6. The molecule has 0 aromatic heterocycles. The average Bonchev–Trinajstić information content (AvgIpc) is 2.45. The molecule has 0 spiro atoms. The van der Waals surface area contributed by atoms with E-state index in [1.54, 1.807) is 0 Å². The van der Waals surface area contributed by atoms with Gasteiger partial charge in [0, 0.05) is 16.4 Å². The summed E-state index contributed by atoms with van der Waals surface area (Å²) < 4.78 is 0. The van der Waals surface area contributed by atoms with Crippen LogP contribution in [0.4, 0.5) is 0 Å². The molecule has 1 heterocycles. The summed E-state index contributed by atoms with van der Waals surface area (Å²) in [6.07, 6.45) is 4.67. The first-order chi connectivity index (χ1) is 9.17. The number of dihydropyridines is 1. The highest BCUT2D eigenvalue weighted by molar-refractivity contribution is 6.00. The predicted octanol–water partition coefficient (Wildman–Crippen LogP) is 0.858. The minimum absolute atomic E-state index is 0.189. The third-order valence-corrected chi connectivity index (χ3v) is 3.19. The maximum atomic E-state index is 11.6. The molecule has 2 aliphatic rings. The van der Waals surface area contributed by atoms with Crippen molar-refractivity contribution in [3.8, 4) is 0 Å². The Balaban J connectivity index is 2.37. The van der Waals surface area contributed by atoms with Crippen LogP contribution >= 0.6 is 0 Å². The zero-order valence-electron chi connectivity index (χ0n) is 10.1. The summed E-state index contributed by atoms with van der Waals surface area (Å²) in [7, 11) is 0. The summed E-state index contributed by atoms with van der Waals surface area (Å²) in [6.45, 7) is 0. The second-order valence-electron chi connectivity index (χ2n) is 4.32. The molecular weight excluding hydrogens is 250 g/mol. The molecule has 1 atom stereocenters. The number of nitrogens with one attached hydrogen (secondary N) is 1. The van der Waals surface area contributed by atoms with Crippen molar-refractivity contribution in [1.29, 1.82) is 0 Å². The fraction of sp³-hybridized carbons (Fsp3) is 0.455. The Kier molecular flexibility index (Phi) is 3.79. The Labute approximate surface area is 108 Å². The van der Waals surface area contributed by atoms with Crippen molar-refractivity contribution >= 4 is 11.8 Å². The van der Waals surface area contributed by atoms with Gasteiger partial charge in [-0.25, -0.2) is 0 Å². The number of hydrogen-bond acceptors (Lipinski definition) is 5. The van der Waals surface area contributed by atoms with Crippen LogP contribution < -0.4 is 11.2 Å². The van der Waals surface area contributed by atoms with Gasteiger partial charge in [-0.2, -0.15) is 0 Å². The van der Waals surface area contributed by atoms with Crippen LogP contribution in [0.2, 0.25) is 0 Å². The van der Waals surface area contributed by atoms with E-state index in [1.165, 1.54) is 6.08 Å². The number of rotatable bonds is 2. The van der Waals surface area contributed by atoms with Crippen molar-refractivity contribution in [3.63, 3.8) is 0 Å². The molecule has 0 aromatic carbocycles. The lowest BCUT2D eigenvalue weighted by molar-refractivity contribution is -0.119. The zero-order chi connectivity index (χ0) is 13.8. The van der Waals surface area contributed by atoms with Gasteiger partial charge in [-0.05, 0) is 37.3 Å². The number of nitrogens with two attached hydrogens (primary N) is 1. The van der Waals surface area contributed by atoms with Crippen LogP contribution in [0.5, 0.6) is 0 Å². The molecule has 0 bridgehead atoms. The number of allylic oxidation sites excluding steroid dienone is 1. The molecule has 2 rings (SSSR count). The Hall–Kier alpha value is -2.38. The number of nitrogens with zero attached hydrogens (tertiary/aromatic N) is 3. The van der Waals surface area contributed by atoms with Gasteiger partial charge >= 0.3 is 5.91 Å². The molecule has 0 saturated heterocycles. The van der Waals surface area contributed by atoms with Crippen LogP contribution in [0.1, 0.15) is 25.7 Å². The second kappa shape index (κ2) is 5.51. The van der Waals surface area contributed by atoms with Crippen molar-refractivity contribution in [2.75, 3.05) is 0 Å². The number of carbonyl (C=O) groups excluding carboxylic acids is 2. The minimum atomic E-state index is -0.863. The van der Waals surface area contributed by atoms with E-state index in [4.69, 9.17) is 5.84 Å². The topological polar surface area (TPSA) is 126 Å². The van der Waals surface area contributed by atoms with Gasteiger partial charge in [-0.3, -0.25) is 9.59 Å². The lowest BCUT2D eigenvalue weighted by Crippen LogP contribution is -2.39. The lowest BCUT2D eigenvalue weighted by atomic mass is 9.86. The third kappa shape index (κ3) is 2.56. The smallest absolute Gasteiger partial charge is 0.316 e. The fourth-order valence-corrected chi connectivity index (χ4v) is 2.36. The van der Waals surface area contributed by atoms with Gasteiger partial charge in [0.1, 0.15) is 6.04 Å². The van der Waals surface area contributed by atoms with Crippen LogP contribution in [0, 0.1) is 4.91 Å². The van der Waals surface area contributed by atoms with Crippen LogP contribution in [0.3, 0.4) is 0 Å². The van der Waals surface area contributed by atoms with Crippen molar-refractivity contribution < 1.29 is 9.59 Å². The van der Waals surface area contributed by atoms with E-state index in [0.29, 0.717) is 6.42 Å². The first-order valence-corrected chi connectivity index (χ1v) is 5.90. The quantitative estimate of drug-likeness (QED) is 0.330. The second-order valence-corrected chi connectivity index (χ2v) is 4.32. The van der Waals surface area contributed by atoms with Crippen LogP contribution in [-0.2, 0) is 9.59 Å². The monoisotopic (exact) mass is 263 g/mol. The summed E-state index contributed by atoms with van der Waals surface area (Å²) in [5.74, 6) is 3.35. The fourth-order valence-electron chi connectivity index (χ4n) is 2.36. The molecule has 19 heavy (non-hydrogen) atoms. The standard InChI is InChI=1S/C11H13N5O3/c12-16-14-11(18)9-5-7(10(17)15-19)6-3-1-2-4-8(6)13-9/h5,9,13H,1-4H2,(H2,12,14,18). The molecule has 0 aromatic rings. The molecule has 8 heteroatoms. The van der Waals surface area contributed by atoms with Gasteiger partial charge in [-0.15, -0.1) is 4.91 Å². The third-order valence-electron chi connectivity index (χ3n) is 3.19.